The highest BCUT2D eigenvalue weighted by Crippen LogP contribution is 2.28. The number of halogens is 1. The van der Waals surface area contributed by atoms with E-state index >= 15 is 0 Å². The van der Waals surface area contributed by atoms with Gasteiger partial charge in [-0.1, -0.05) is 71.9 Å². The van der Waals surface area contributed by atoms with Gasteiger partial charge in [-0.3, -0.25) is 4.57 Å². The molecule has 0 spiro atoms. The Kier molecular flexibility index (Phi) is 6.07. The molecule has 2 aromatic heterocycles. The van der Waals surface area contributed by atoms with Crippen molar-refractivity contribution in [2.45, 2.75) is 24.4 Å². The predicted molar refractivity (Wildman–Crippen MR) is 117 cm³/mol. The summed E-state index contributed by atoms with van der Waals surface area (Å²) < 4.78 is 2.02. The Morgan fingerprint density at radius 1 is 1.00 bits per heavy atom. The molecule has 0 radical (unpaired) electrons. The maximum Gasteiger partial charge on any atom is 0.230 e. The topological polar surface area (TPSA) is 68.5 Å². The van der Waals surface area contributed by atoms with Crippen molar-refractivity contribution in [1.82, 2.24) is 24.7 Å². The van der Waals surface area contributed by atoms with Gasteiger partial charge >= 0.3 is 0 Å². The molecular weight excluding hydrogens is 404 g/mol. The Morgan fingerprint density at radius 2 is 1.79 bits per heavy atom. The first-order valence-corrected chi connectivity index (χ1v) is 10.5. The van der Waals surface area contributed by atoms with Crippen LogP contribution in [0.3, 0.4) is 0 Å². The van der Waals surface area contributed by atoms with Gasteiger partial charge in [0.15, 0.2) is 5.16 Å². The highest BCUT2D eigenvalue weighted by atomic mass is 35.5. The van der Waals surface area contributed by atoms with Crippen LogP contribution in [0.15, 0.2) is 72.1 Å². The van der Waals surface area contributed by atoms with Gasteiger partial charge < -0.3 is 5.32 Å². The van der Waals surface area contributed by atoms with Gasteiger partial charge in [0, 0.05) is 29.0 Å². The van der Waals surface area contributed by atoms with Crippen LogP contribution in [0, 0.1) is 0 Å². The fourth-order valence-electron chi connectivity index (χ4n) is 2.84. The third-order valence-electron chi connectivity index (χ3n) is 4.32. The van der Waals surface area contributed by atoms with Gasteiger partial charge in [0.25, 0.3) is 0 Å². The van der Waals surface area contributed by atoms with Crippen molar-refractivity contribution in [1.29, 1.82) is 0 Å². The van der Waals surface area contributed by atoms with E-state index in [9.17, 15) is 0 Å². The summed E-state index contributed by atoms with van der Waals surface area (Å²) in [7, 11) is 0. The fraction of sp³-hybridized carbons (Fsp3) is 0.143. The van der Waals surface area contributed by atoms with Crippen molar-refractivity contribution in [2.24, 2.45) is 0 Å². The van der Waals surface area contributed by atoms with E-state index in [0.717, 1.165) is 39.3 Å². The molecule has 2 heterocycles. The summed E-state index contributed by atoms with van der Waals surface area (Å²) in [5.41, 5.74) is 2.95. The van der Waals surface area contributed by atoms with Crippen LogP contribution in [0.25, 0.3) is 11.3 Å². The molecule has 4 aromatic rings. The Hall–Kier alpha value is -2.90. The van der Waals surface area contributed by atoms with Crippen molar-refractivity contribution < 1.29 is 0 Å². The lowest BCUT2D eigenvalue weighted by Crippen LogP contribution is -2.05. The lowest BCUT2D eigenvalue weighted by Gasteiger charge is -2.09. The van der Waals surface area contributed by atoms with Gasteiger partial charge in [0.1, 0.15) is 12.1 Å². The molecule has 0 unspecified atom stereocenters. The number of nitrogens with zero attached hydrogens (tertiary/aromatic N) is 5. The second-order valence-corrected chi connectivity index (χ2v) is 7.56. The van der Waals surface area contributed by atoms with E-state index < -0.39 is 0 Å². The average molecular weight is 423 g/mol. The molecular formula is C21H19ClN6S. The Morgan fingerprint density at radius 3 is 2.59 bits per heavy atom. The van der Waals surface area contributed by atoms with Gasteiger partial charge in [-0.2, -0.15) is 0 Å². The second kappa shape index (κ2) is 9.07. The minimum Gasteiger partial charge on any atom is -0.309 e. The highest BCUT2D eigenvalue weighted by molar-refractivity contribution is 7.98. The molecule has 0 fully saturated rings. The monoisotopic (exact) mass is 422 g/mol. The minimum absolute atomic E-state index is 0.645. The Balaban J connectivity index is 1.52. The van der Waals surface area contributed by atoms with Crippen LogP contribution in [0.2, 0.25) is 5.02 Å². The molecule has 146 valence electrons. The number of benzene rings is 2. The van der Waals surface area contributed by atoms with Crippen LogP contribution in [0.4, 0.5) is 11.8 Å². The summed E-state index contributed by atoms with van der Waals surface area (Å²) >= 11 is 7.86. The summed E-state index contributed by atoms with van der Waals surface area (Å²) in [6.07, 6.45) is 1.55. The number of thioether (sulfide) groups is 1. The highest BCUT2D eigenvalue weighted by Gasteiger charge is 2.13. The molecule has 1 N–H and O–H groups in total. The zero-order chi connectivity index (χ0) is 20.1. The fourth-order valence-corrected chi connectivity index (χ4v) is 4.13. The summed E-state index contributed by atoms with van der Waals surface area (Å²) in [4.78, 5) is 8.68. The number of hydrogen-bond donors (Lipinski definition) is 1. The maximum atomic E-state index is 6.26. The zero-order valence-corrected chi connectivity index (χ0v) is 17.4. The molecule has 0 amide bonds. The van der Waals surface area contributed by atoms with Crippen molar-refractivity contribution >= 4 is 35.1 Å². The van der Waals surface area contributed by atoms with Crippen LogP contribution in [0.1, 0.15) is 12.5 Å². The van der Waals surface area contributed by atoms with E-state index in [4.69, 9.17) is 11.6 Å². The third kappa shape index (κ3) is 4.58. The lowest BCUT2D eigenvalue weighted by atomic mass is 10.1. The summed E-state index contributed by atoms with van der Waals surface area (Å²) in [5.74, 6) is 2.04. The molecule has 8 heteroatoms. The van der Waals surface area contributed by atoms with Gasteiger partial charge in [-0.05, 0) is 18.6 Å². The second-order valence-electron chi connectivity index (χ2n) is 6.21. The number of aromatic nitrogens is 5. The number of anilines is 2. The Bertz CT molecular complexity index is 1100. The molecule has 0 saturated carbocycles. The van der Waals surface area contributed by atoms with E-state index in [0.29, 0.717) is 11.8 Å². The predicted octanol–water partition coefficient (Wildman–Crippen LogP) is 5.44. The SMILES string of the molecule is CCn1c(Nc2cc(-c3ccccc3)ncn2)nnc1SCc1ccccc1Cl. The average Bonchev–Trinajstić information content (AvgIpc) is 3.15. The van der Waals surface area contributed by atoms with Crippen molar-refractivity contribution in [2.75, 3.05) is 5.32 Å². The van der Waals surface area contributed by atoms with E-state index in [-0.39, 0.29) is 0 Å². The molecule has 0 bridgehead atoms. The lowest BCUT2D eigenvalue weighted by molar-refractivity contribution is 0.688. The van der Waals surface area contributed by atoms with E-state index in [2.05, 4.69) is 32.4 Å². The standard InChI is InChI=1S/C21H19ClN6S/c1-2-28-20(26-27-21(28)29-13-16-10-6-7-11-17(16)22)25-19-12-18(23-14-24-19)15-8-4-3-5-9-15/h3-12,14H,2,13H2,1H3,(H,23,24,25,26). The largest absolute Gasteiger partial charge is 0.309 e. The van der Waals surface area contributed by atoms with Crippen LogP contribution >= 0.6 is 23.4 Å². The molecule has 0 aliphatic heterocycles. The van der Waals surface area contributed by atoms with Crippen LogP contribution < -0.4 is 5.32 Å². The summed E-state index contributed by atoms with van der Waals surface area (Å²) in [6.45, 7) is 2.79. The van der Waals surface area contributed by atoms with Crippen LogP contribution in [-0.4, -0.2) is 24.7 Å². The third-order valence-corrected chi connectivity index (χ3v) is 5.71. The minimum atomic E-state index is 0.645. The molecule has 0 aliphatic rings. The van der Waals surface area contributed by atoms with Crippen LogP contribution in [-0.2, 0) is 12.3 Å². The van der Waals surface area contributed by atoms with Crippen molar-refractivity contribution in [3.05, 3.63) is 77.6 Å². The number of rotatable bonds is 7. The Labute approximate surface area is 178 Å². The molecule has 2 aromatic carbocycles. The van der Waals surface area contributed by atoms with Gasteiger partial charge in [0.2, 0.25) is 5.95 Å². The molecule has 6 nitrogen and oxygen atoms in total. The normalized spacial score (nSPS) is 10.8. The van der Waals surface area contributed by atoms with Gasteiger partial charge in [0.05, 0.1) is 5.69 Å². The zero-order valence-electron chi connectivity index (χ0n) is 15.8. The first-order chi connectivity index (χ1) is 14.2. The quantitative estimate of drug-likeness (QED) is 0.400. The molecule has 4 rings (SSSR count). The van der Waals surface area contributed by atoms with E-state index in [1.54, 1.807) is 18.1 Å². The van der Waals surface area contributed by atoms with Gasteiger partial charge in [-0.25, -0.2) is 9.97 Å². The maximum absolute atomic E-state index is 6.26. The van der Waals surface area contributed by atoms with Crippen molar-refractivity contribution in [3.8, 4) is 11.3 Å². The smallest absolute Gasteiger partial charge is 0.230 e. The first kappa shape index (κ1) is 19.4. The molecule has 0 atom stereocenters. The molecule has 0 saturated heterocycles. The van der Waals surface area contributed by atoms with E-state index in [1.807, 2.05) is 65.2 Å². The van der Waals surface area contributed by atoms with Gasteiger partial charge in [-0.15, -0.1) is 10.2 Å². The summed E-state index contributed by atoms with van der Waals surface area (Å²) in [6, 6.07) is 19.7. The molecule has 29 heavy (non-hydrogen) atoms. The summed E-state index contributed by atoms with van der Waals surface area (Å²) in [5, 5.41) is 13.5. The van der Waals surface area contributed by atoms with E-state index in [1.165, 1.54) is 0 Å². The number of hydrogen-bond acceptors (Lipinski definition) is 6. The number of nitrogens with one attached hydrogen (secondary N) is 1. The van der Waals surface area contributed by atoms with Crippen molar-refractivity contribution in [3.63, 3.8) is 0 Å². The molecule has 0 aliphatic carbocycles. The van der Waals surface area contributed by atoms with Crippen LogP contribution in [0.5, 0.6) is 0 Å². The first-order valence-electron chi connectivity index (χ1n) is 9.18.